The summed E-state index contributed by atoms with van der Waals surface area (Å²) in [5.41, 5.74) is 2.93. The van der Waals surface area contributed by atoms with Gasteiger partial charge in [-0.25, -0.2) is 4.98 Å². The van der Waals surface area contributed by atoms with Crippen LogP contribution in [-0.4, -0.2) is 37.8 Å². The fourth-order valence-corrected chi connectivity index (χ4v) is 7.48. The van der Waals surface area contributed by atoms with Gasteiger partial charge in [0.25, 0.3) is 5.56 Å². The number of anilines is 1. The van der Waals surface area contributed by atoms with Gasteiger partial charge in [-0.2, -0.15) is 0 Å². The molecule has 3 atom stereocenters. The van der Waals surface area contributed by atoms with Crippen molar-refractivity contribution in [3.05, 3.63) is 94.4 Å². The largest absolute Gasteiger partial charge is 0.356 e. The lowest BCUT2D eigenvalue weighted by Crippen LogP contribution is -2.48. The standard InChI is InChI=1S/C27H24N4O2S3/c32-23-12-6-10-21-19-13-17(15-31(21)23)14-30(16-19)27(34)36-24(18-7-2-1-3-8-18)25(33)29-26-28-20-9-4-5-11-22(20)35-26/h1-12,17,19,24H,13-16H2,(H,28,29,33)/t17-,19-,24-/m0/s1. The van der Waals surface area contributed by atoms with Crippen LogP contribution in [0.15, 0.2) is 77.6 Å². The summed E-state index contributed by atoms with van der Waals surface area (Å²) in [5.74, 6) is 0.486. The van der Waals surface area contributed by atoms with Crippen molar-refractivity contribution in [1.82, 2.24) is 14.5 Å². The number of fused-ring (bicyclic) bond motifs is 5. The molecule has 2 aliphatic heterocycles. The Kier molecular flexibility index (Phi) is 6.37. The molecule has 0 unspecified atom stereocenters. The number of thioether (sulfide) groups is 1. The Hall–Kier alpha value is -3.01. The van der Waals surface area contributed by atoms with Crippen LogP contribution in [0, 0.1) is 5.92 Å². The average Bonchev–Trinajstić information content (AvgIpc) is 3.30. The average molecular weight is 533 g/mol. The van der Waals surface area contributed by atoms with Crippen molar-refractivity contribution >= 4 is 60.9 Å². The van der Waals surface area contributed by atoms with E-state index in [2.05, 4.69) is 21.3 Å². The monoisotopic (exact) mass is 532 g/mol. The van der Waals surface area contributed by atoms with Crippen molar-refractivity contribution in [3.63, 3.8) is 0 Å². The van der Waals surface area contributed by atoms with Crippen molar-refractivity contribution < 1.29 is 4.79 Å². The number of rotatable bonds is 4. The molecule has 1 amide bonds. The number of aromatic nitrogens is 2. The van der Waals surface area contributed by atoms with E-state index < -0.39 is 5.25 Å². The minimum Gasteiger partial charge on any atom is -0.356 e. The van der Waals surface area contributed by atoms with E-state index in [1.54, 1.807) is 6.07 Å². The number of nitrogens with zero attached hydrogens (tertiary/aromatic N) is 3. The number of hydrogen-bond acceptors (Lipinski definition) is 6. The lowest BCUT2D eigenvalue weighted by Gasteiger charge is -2.43. The van der Waals surface area contributed by atoms with Crippen molar-refractivity contribution in [2.75, 3.05) is 18.4 Å². The third kappa shape index (κ3) is 4.58. The van der Waals surface area contributed by atoms with Gasteiger partial charge in [0.2, 0.25) is 5.91 Å². The predicted molar refractivity (Wildman–Crippen MR) is 151 cm³/mol. The van der Waals surface area contributed by atoms with Crippen LogP contribution in [0.1, 0.15) is 28.8 Å². The van der Waals surface area contributed by atoms with Crippen molar-refractivity contribution in [1.29, 1.82) is 0 Å². The first kappa shape index (κ1) is 23.4. The molecule has 0 radical (unpaired) electrons. The molecule has 2 aromatic carbocycles. The fraction of sp³-hybridized carbons (Fsp3) is 0.259. The first-order valence-electron chi connectivity index (χ1n) is 11.9. The molecule has 1 saturated heterocycles. The molecule has 0 spiro atoms. The fourth-order valence-electron chi connectivity index (χ4n) is 5.22. The van der Waals surface area contributed by atoms with Crippen molar-refractivity contribution in [2.24, 2.45) is 5.92 Å². The summed E-state index contributed by atoms with van der Waals surface area (Å²) in [6.07, 6.45) is 1.06. The van der Waals surface area contributed by atoms with Gasteiger partial charge in [0, 0.05) is 37.3 Å². The van der Waals surface area contributed by atoms with Crippen LogP contribution in [0.4, 0.5) is 5.13 Å². The molecule has 36 heavy (non-hydrogen) atoms. The second kappa shape index (κ2) is 9.80. The number of benzene rings is 2. The zero-order valence-corrected chi connectivity index (χ0v) is 21.8. The van der Waals surface area contributed by atoms with E-state index in [4.69, 9.17) is 12.2 Å². The summed E-state index contributed by atoms with van der Waals surface area (Å²) in [6, 6.07) is 23.1. The van der Waals surface area contributed by atoms with Gasteiger partial charge in [-0.15, -0.1) is 0 Å². The van der Waals surface area contributed by atoms with Gasteiger partial charge in [0.05, 0.1) is 10.2 Å². The maximum atomic E-state index is 13.5. The number of nitrogens with one attached hydrogen (secondary N) is 1. The van der Waals surface area contributed by atoms with Crippen LogP contribution in [-0.2, 0) is 11.3 Å². The minimum atomic E-state index is -0.498. The van der Waals surface area contributed by atoms with Crippen LogP contribution >= 0.6 is 35.3 Å². The number of likely N-dealkylation sites (tertiary alicyclic amines) is 1. The summed E-state index contributed by atoms with van der Waals surface area (Å²) in [7, 11) is 0. The highest BCUT2D eigenvalue weighted by Gasteiger charge is 2.36. The number of pyridine rings is 1. The maximum Gasteiger partial charge on any atom is 0.250 e. The zero-order valence-electron chi connectivity index (χ0n) is 19.4. The Bertz CT molecular complexity index is 1470. The smallest absolute Gasteiger partial charge is 0.250 e. The number of amides is 1. The second-order valence-electron chi connectivity index (χ2n) is 9.25. The number of piperidine rings is 1. The molecule has 2 aliphatic rings. The number of thiocarbonyl (C=S) groups is 1. The highest BCUT2D eigenvalue weighted by molar-refractivity contribution is 8.23. The van der Waals surface area contributed by atoms with Crippen molar-refractivity contribution in [3.8, 4) is 0 Å². The molecule has 2 aromatic heterocycles. The second-order valence-corrected chi connectivity index (χ2v) is 12.0. The summed E-state index contributed by atoms with van der Waals surface area (Å²) in [5, 5.41) is 3.12. The van der Waals surface area contributed by atoms with Crippen LogP contribution in [0.3, 0.4) is 0 Å². The summed E-state index contributed by atoms with van der Waals surface area (Å²) in [4.78, 5) is 32.7. The first-order chi connectivity index (χ1) is 17.5. The van der Waals surface area contributed by atoms with Crippen LogP contribution in [0.25, 0.3) is 10.2 Å². The molecule has 9 heteroatoms. The highest BCUT2D eigenvalue weighted by Crippen LogP contribution is 2.39. The van der Waals surface area contributed by atoms with E-state index in [0.29, 0.717) is 15.4 Å². The third-order valence-corrected chi connectivity index (χ3v) is 9.50. The van der Waals surface area contributed by atoms with Gasteiger partial charge < -0.3 is 14.8 Å². The van der Waals surface area contributed by atoms with E-state index in [1.165, 1.54) is 23.1 Å². The first-order valence-corrected chi connectivity index (χ1v) is 14.0. The van der Waals surface area contributed by atoms with E-state index >= 15 is 0 Å². The van der Waals surface area contributed by atoms with Gasteiger partial charge >= 0.3 is 0 Å². The Morgan fingerprint density at radius 3 is 2.67 bits per heavy atom. The van der Waals surface area contributed by atoms with Gasteiger partial charge in [0.15, 0.2) is 5.13 Å². The Labute approximate surface area is 222 Å². The minimum absolute atomic E-state index is 0.0725. The molecule has 1 fully saturated rings. The molecular formula is C27H24N4O2S3. The molecule has 4 heterocycles. The molecule has 2 bridgehead atoms. The maximum absolute atomic E-state index is 13.5. The molecule has 6 rings (SSSR count). The SMILES string of the molecule is O=C(Nc1nc2ccccc2s1)[C@@H](SC(=S)N1C[C@@H]2C[C@@H](C1)c1cccc(=O)n1C2)c1ccccc1. The van der Waals surface area contributed by atoms with Crippen LogP contribution in [0.5, 0.6) is 0 Å². The third-order valence-electron chi connectivity index (χ3n) is 6.82. The lowest BCUT2D eigenvalue weighted by molar-refractivity contribution is -0.115. The van der Waals surface area contributed by atoms with Crippen molar-refractivity contribution in [2.45, 2.75) is 24.1 Å². The normalized spacial score (nSPS) is 19.5. The Morgan fingerprint density at radius 1 is 1.03 bits per heavy atom. The van der Waals surface area contributed by atoms with E-state index in [0.717, 1.165) is 47.5 Å². The zero-order chi connectivity index (χ0) is 24.6. The highest BCUT2D eigenvalue weighted by atomic mass is 32.2. The molecule has 1 N–H and O–H groups in total. The van der Waals surface area contributed by atoms with Gasteiger partial charge in [-0.3, -0.25) is 9.59 Å². The number of para-hydroxylation sites is 1. The topological polar surface area (TPSA) is 67.2 Å². The van der Waals surface area contributed by atoms with Gasteiger partial charge in [0.1, 0.15) is 9.57 Å². The van der Waals surface area contributed by atoms with E-state index in [-0.39, 0.29) is 17.4 Å². The number of thiazole rings is 1. The molecule has 182 valence electrons. The number of carbonyl (C=O) groups is 1. The quantitative estimate of drug-likeness (QED) is 0.361. The van der Waals surface area contributed by atoms with Gasteiger partial charge in [-0.05, 0) is 36.1 Å². The number of carbonyl (C=O) groups excluding carboxylic acids is 1. The van der Waals surface area contributed by atoms with E-state index in [1.807, 2.05) is 65.2 Å². The van der Waals surface area contributed by atoms with Crippen LogP contribution < -0.4 is 10.9 Å². The molecule has 0 aliphatic carbocycles. The van der Waals surface area contributed by atoms with Crippen LogP contribution in [0.2, 0.25) is 0 Å². The molecule has 0 saturated carbocycles. The van der Waals surface area contributed by atoms with E-state index in [9.17, 15) is 9.59 Å². The number of hydrogen-bond donors (Lipinski definition) is 1. The summed E-state index contributed by atoms with van der Waals surface area (Å²) < 4.78 is 3.67. The Morgan fingerprint density at radius 2 is 1.83 bits per heavy atom. The predicted octanol–water partition coefficient (Wildman–Crippen LogP) is 5.28. The molecule has 6 nitrogen and oxygen atoms in total. The lowest BCUT2D eigenvalue weighted by atomic mass is 9.83. The van der Waals surface area contributed by atoms with Gasteiger partial charge in [-0.1, -0.05) is 83.8 Å². The molecule has 4 aromatic rings. The summed E-state index contributed by atoms with van der Waals surface area (Å²) >= 11 is 8.80. The molecular weight excluding hydrogens is 509 g/mol. The Balaban J connectivity index is 1.22. The summed E-state index contributed by atoms with van der Waals surface area (Å²) in [6.45, 7) is 2.27.